The van der Waals surface area contributed by atoms with Crippen molar-refractivity contribution in [1.82, 2.24) is 0 Å². The molecular weight excluding hydrogens is 216 g/mol. The van der Waals surface area contributed by atoms with Crippen LogP contribution in [0.1, 0.15) is 111 Å². The quantitative estimate of drug-likeness (QED) is 0.289. The largest absolute Gasteiger partial charge is 0.0654 e. The maximum absolute atomic E-state index is 2.42. The number of hydrogen-bond donors (Lipinski definition) is 0. The molecular formula is C18H38. The first-order valence-corrected chi connectivity index (χ1v) is 8.81. The number of hydrogen-bond acceptors (Lipinski definition) is 0. The summed E-state index contributed by atoms with van der Waals surface area (Å²) in [7, 11) is 0. The van der Waals surface area contributed by atoms with Gasteiger partial charge in [-0.1, -0.05) is 111 Å². The first kappa shape index (κ1) is 18.0. The van der Waals surface area contributed by atoms with E-state index in [1.807, 2.05) is 0 Å². The van der Waals surface area contributed by atoms with Crippen molar-refractivity contribution in [3.63, 3.8) is 0 Å². The minimum absolute atomic E-state index is 0.966. The minimum atomic E-state index is 0.966. The monoisotopic (exact) mass is 254 g/mol. The van der Waals surface area contributed by atoms with Gasteiger partial charge in [0.05, 0.1) is 0 Å². The van der Waals surface area contributed by atoms with Crippen molar-refractivity contribution in [1.29, 1.82) is 0 Å². The molecule has 0 saturated carbocycles. The molecule has 0 N–H and O–H groups in total. The van der Waals surface area contributed by atoms with Crippen LogP contribution >= 0.6 is 0 Å². The van der Waals surface area contributed by atoms with Crippen LogP contribution in [-0.2, 0) is 0 Å². The molecule has 0 fully saturated rings. The van der Waals surface area contributed by atoms with Crippen molar-refractivity contribution in [3.05, 3.63) is 0 Å². The normalized spacial score (nSPS) is 12.8. The molecule has 0 aliphatic heterocycles. The number of unbranched alkanes of at least 4 members (excludes halogenated alkanes) is 10. The van der Waals surface area contributed by atoms with Crippen LogP contribution in [0, 0.1) is 5.92 Å². The van der Waals surface area contributed by atoms with Gasteiger partial charge in [0.25, 0.3) is 0 Å². The Balaban J connectivity index is 2.98. The Hall–Kier alpha value is 0. The molecule has 0 saturated heterocycles. The minimum Gasteiger partial charge on any atom is -0.0654 e. The molecule has 0 bridgehead atoms. The molecule has 0 radical (unpaired) electrons. The van der Waals surface area contributed by atoms with E-state index in [0.717, 1.165) is 5.92 Å². The third-order valence-electron chi connectivity index (χ3n) is 4.08. The Labute approximate surface area is 117 Å². The molecule has 1 atom stereocenters. The van der Waals surface area contributed by atoms with E-state index in [2.05, 4.69) is 20.8 Å². The van der Waals surface area contributed by atoms with Crippen LogP contribution in [0.25, 0.3) is 0 Å². The predicted molar refractivity (Wildman–Crippen MR) is 85.2 cm³/mol. The van der Waals surface area contributed by atoms with E-state index in [1.165, 1.54) is 89.9 Å². The highest BCUT2D eigenvalue weighted by molar-refractivity contribution is 4.53. The van der Waals surface area contributed by atoms with Crippen LogP contribution in [0.2, 0.25) is 0 Å². The summed E-state index contributed by atoms with van der Waals surface area (Å²) in [5, 5.41) is 0. The van der Waals surface area contributed by atoms with Crippen molar-refractivity contribution in [2.45, 2.75) is 111 Å². The second-order valence-corrected chi connectivity index (χ2v) is 6.22. The molecule has 18 heavy (non-hydrogen) atoms. The zero-order valence-electron chi connectivity index (χ0n) is 13.5. The summed E-state index contributed by atoms with van der Waals surface area (Å²) in [5.74, 6) is 0.966. The van der Waals surface area contributed by atoms with Gasteiger partial charge in [0, 0.05) is 0 Å². The molecule has 0 aliphatic carbocycles. The summed E-state index contributed by atoms with van der Waals surface area (Å²) in [5.41, 5.74) is 0. The van der Waals surface area contributed by atoms with Gasteiger partial charge >= 0.3 is 0 Å². The lowest BCUT2D eigenvalue weighted by atomic mass is 9.98. The van der Waals surface area contributed by atoms with E-state index in [4.69, 9.17) is 0 Å². The molecule has 0 heterocycles. The summed E-state index contributed by atoms with van der Waals surface area (Å²) in [4.78, 5) is 0. The maximum atomic E-state index is 2.42. The molecule has 0 amide bonds. The molecule has 0 aromatic rings. The zero-order chi connectivity index (χ0) is 13.5. The first-order chi connectivity index (χ1) is 8.81. The van der Waals surface area contributed by atoms with Gasteiger partial charge in [-0.15, -0.1) is 0 Å². The molecule has 0 unspecified atom stereocenters. The van der Waals surface area contributed by atoms with Crippen LogP contribution in [-0.4, -0.2) is 0 Å². The smallest absolute Gasteiger partial charge is 0.0443 e. The standard InChI is InChI=1S/C18H38/c1-4-6-7-8-9-10-11-12-13-14-15-17-18(3)16-5-2/h18H,4-17H2,1-3H3/t18-/m1/s1. The Morgan fingerprint density at radius 2 is 0.944 bits per heavy atom. The zero-order valence-corrected chi connectivity index (χ0v) is 13.5. The molecule has 0 nitrogen and oxygen atoms in total. The Morgan fingerprint density at radius 1 is 0.500 bits per heavy atom. The van der Waals surface area contributed by atoms with Crippen LogP contribution in [0.3, 0.4) is 0 Å². The summed E-state index contributed by atoms with van der Waals surface area (Å²) in [6.07, 6.45) is 20.4. The fourth-order valence-corrected chi connectivity index (χ4v) is 2.79. The van der Waals surface area contributed by atoms with E-state index in [0.29, 0.717) is 0 Å². The van der Waals surface area contributed by atoms with E-state index in [-0.39, 0.29) is 0 Å². The summed E-state index contributed by atoms with van der Waals surface area (Å²) in [6.45, 7) is 7.01. The van der Waals surface area contributed by atoms with Gasteiger partial charge in [0.1, 0.15) is 0 Å². The molecule has 0 aromatic carbocycles. The highest BCUT2D eigenvalue weighted by atomic mass is 14.1. The fourth-order valence-electron chi connectivity index (χ4n) is 2.79. The Kier molecular flexibility index (Phi) is 15.1. The van der Waals surface area contributed by atoms with Crippen molar-refractivity contribution in [2.24, 2.45) is 5.92 Å². The van der Waals surface area contributed by atoms with Crippen LogP contribution in [0.5, 0.6) is 0 Å². The van der Waals surface area contributed by atoms with Gasteiger partial charge in [-0.2, -0.15) is 0 Å². The third-order valence-corrected chi connectivity index (χ3v) is 4.08. The average molecular weight is 255 g/mol. The molecule has 0 aromatic heterocycles. The second kappa shape index (κ2) is 15.1. The lowest BCUT2D eigenvalue weighted by Gasteiger charge is -2.09. The van der Waals surface area contributed by atoms with Crippen LogP contribution in [0.15, 0.2) is 0 Å². The van der Waals surface area contributed by atoms with E-state index in [1.54, 1.807) is 0 Å². The lowest BCUT2D eigenvalue weighted by molar-refractivity contribution is 0.450. The van der Waals surface area contributed by atoms with Gasteiger partial charge in [-0.05, 0) is 5.92 Å². The summed E-state index contributed by atoms with van der Waals surface area (Å²) in [6, 6.07) is 0. The fraction of sp³-hybridized carbons (Fsp3) is 1.00. The van der Waals surface area contributed by atoms with Crippen molar-refractivity contribution in [2.75, 3.05) is 0 Å². The maximum Gasteiger partial charge on any atom is -0.0443 e. The van der Waals surface area contributed by atoms with Gasteiger partial charge in [-0.3, -0.25) is 0 Å². The second-order valence-electron chi connectivity index (χ2n) is 6.22. The predicted octanol–water partition coefficient (Wildman–Crippen LogP) is 7.12. The molecule has 0 spiro atoms. The van der Waals surface area contributed by atoms with Crippen molar-refractivity contribution < 1.29 is 0 Å². The van der Waals surface area contributed by atoms with E-state index >= 15 is 0 Å². The van der Waals surface area contributed by atoms with E-state index < -0.39 is 0 Å². The lowest BCUT2D eigenvalue weighted by Crippen LogP contribution is -1.93. The molecule has 110 valence electrons. The van der Waals surface area contributed by atoms with Gasteiger partial charge in [0.2, 0.25) is 0 Å². The Morgan fingerprint density at radius 3 is 1.39 bits per heavy atom. The number of rotatable bonds is 14. The van der Waals surface area contributed by atoms with Gasteiger partial charge in [-0.25, -0.2) is 0 Å². The SMILES string of the molecule is CCCCCCCCCCCCC[C@H](C)CCC. The van der Waals surface area contributed by atoms with Gasteiger partial charge in [0.15, 0.2) is 0 Å². The van der Waals surface area contributed by atoms with Crippen molar-refractivity contribution in [3.8, 4) is 0 Å². The molecule has 0 heteroatoms. The van der Waals surface area contributed by atoms with Crippen molar-refractivity contribution >= 4 is 0 Å². The summed E-state index contributed by atoms with van der Waals surface area (Å²) >= 11 is 0. The molecule has 0 aliphatic rings. The third kappa shape index (κ3) is 14.1. The van der Waals surface area contributed by atoms with E-state index in [9.17, 15) is 0 Å². The highest BCUT2D eigenvalue weighted by Crippen LogP contribution is 2.16. The molecule has 0 rings (SSSR count). The topological polar surface area (TPSA) is 0 Å². The Bertz CT molecular complexity index is 139. The summed E-state index contributed by atoms with van der Waals surface area (Å²) < 4.78 is 0. The van der Waals surface area contributed by atoms with Crippen LogP contribution < -0.4 is 0 Å². The average Bonchev–Trinajstić information content (AvgIpc) is 2.36. The van der Waals surface area contributed by atoms with Crippen LogP contribution in [0.4, 0.5) is 0 Å². The highest BCUT2D eigenvalue weighted by Gasteiger charge is 1.99. The van der Waals surface area contributed by atoms with Gasteiger partial charge < -0.3 is 0 Å². The first-order valence-electron chi connectivity index (χ1n) is 8.81.